The van der Waals surface area contributed by atoms with Crippen molar-refractivity contribution in [2.45, 2.75) is 12.3 Å². The summed E-state index contributed by atoms with van der Waals surface area (Å²) in [4.78, 5) is 23.0. The molecule has 0 aliphatic carbocycles. The van der Waals surface area contributed by atoms with Gasteiger partial charge in [-0.05, 0) is 17.9 Å². The predicted octanol–water partition coefficient (Wildman–Crippen LogP) is 1.72. The van der Waals surface area contributed by atoms with E-state index in [9.17, 15) is 27.9 Å². The Morgan fingerprint density at radius 1 is 1.46 bits per heavy atom. The number of thioether (sulfide) groups is 1. The number of amides is 3. The van der Waals surface area contributed by atoms with Crippen molar-refractivity contribution >= 4 is 40.9 Å². The number of halogens is 3. The van der Waals surface area contributed by atoms with Gasteiger partial charge in [0.05, 0.1) is 17.6 Å². The first-order chi connectivity index (χ1) is 13.0. The van der Waals surface area contributed by atoms with Gasteiger partial charge in [-0.15, -0.1) is 13.2 Å². The third-order valence-corrected chi connectivity index (χ3v) is 4.20. The average Bonchev–Trinajstić information content (AvgIpc) is 2.57. The van der Waals surface area contributed by atoms with Gasteiger partial charge in [-0.2, -0.15) is 17.0 Å². The van der Waals surface area contributed by atoms with Gasteiger partial charge in [0.2, 0.25) is 5.91 Å². The normalized spacial score (nSPS) is 11.8. The van der Waals surface area contributed by atoms with Crippen molar-refractivity contribution in [3.63, 3.8) is 0 Å². The molecule has 0 radical (unpaired) electrons. The molecule has 28 heavy (non-hydrogen) atoms. The number of thiocarbonyl (C=S) groups is 1. The molecule has 3 amide bonds. The lowest BCUT2D eigenvalue weighted by Crippen LogP contribution is -2.36. The van der Waals surface area contributed by atoms with Crippen LogP contribution in [0.4, 0.5) is 18.0 Å². The Labute approximate surface area is 167 Å². The highest BCUT2D eigenvalue weighted by molar-refractivity contribution is 7.98. The number of hydrogen-bond donors (Lipinski definition) is 4. The summed E-state index contributed by atoms with van der Waals surface area (Å²) in [6, 6.07) is 2.53. The molecule has 0 heterocycles. The predicted molar refractivity (Wildman–Crippen MR) is 99.0 cm³/mol. The SMILES string of the molecule is CSCC(C(=O)NCC#N)c1ccc(OC(F)(F)F)c(O)c1C(=S)NC(N)=O. The number of nitrogens with two attached hydrogens (primary N) is 1. The first-order valence-corrected chi connectivity index (χ1v) is 9.18. The number of nitriles is 1. The highest BCUT2D eigenvalue weighted by Crippen LogP contribution is 2.39. The highest BCUT2D eigenvalue weighted by Gasteiger charge is 2.35. The fourth-order valence-electron chi connectivity index (χ4n) is 2.22. The molecular formula is C15H15F3N4O4S2. The molecular weight excluding hydrogens is 421 g/mol. The first kappa shape index (κ1) is 23.3. The Morgan fingerprint density at radius 3 is 2.61 bits per heavy atom. The molecule has 152 valence electrons. The van der Waals surface area contributed by atoms with Crippen molar-refractivity contribution in [1.29, 1.82) is 5.26 Å². The summed E-state index contributed by atoms with van der Waals surface area (Å²) < 4.78 is 41.4. The van der Waals surface area contributed by atoms with E-state index in [0.29, 0.717) is 0 Å². The number of nitrogens with one attached hydrogen (secondary N) is 2. The summed E-state index contributed by atoms with van der Waals surface area (Å²) in [7, 11) is 0. The zero-order valence-corrected chi connectivity index (χ0v) is 15.9. The van der Waals surface area contributed by atoms with E-state index in [1.165, 1.54) is 11.8 Å². The van der Waals surface area contributed by atoms with Gasteiger partial charge in [0.1, 0.15) is 11.5 Å². The largest absolute Gasteiger partial charge is 0.573 e. The Balaban J connectivity index is 3.55. The van der Waals surface area contributed by atoms with Gasteiger partial charge < -0.3 is 20.9 Å². The molecule has 0 spiro atoms. The number of benzene rings is 1. The second-order valence-electron chi connectivity index (χ2n) is 5.13. The molecule has 1 rings (SSSR count). The van der Waals surface area contributed by atoms with E-state index in [0.717, 1.165) is 12.1 Å². The van der Waals surface area contributed by atoms with Crippen LogP contribution in [0.2, 0.25) is 0 Å². The van der Waals surface area contributed by atoms with Gasteiger partial charge in [-0.3, -0.25) is 10.1 Å². The van der Waals surface area contributed by atoms with Gasteiger partial charge in [-0.25, -0.2) is 4.79 Å². The van der Waals surface area contributed by atoms with Crippen LogP contribution in [0, 0.1) is 11.3 Å². The number of rotatable bonds is 7. The van der Waals surface area contributed by atoms with Gasteiger partial charge in [0.25, 0.3) is 0 Å². The molecule has 5 N–H and O–H groups in total. The zero-order valence-electron chi connectivity index (χ0n) is 14.3. The minimum Gasteiger partial charge on any atom is -0.504 e. The second kappa shape index (κ2) is 10.00. The van der Waals surface area contributed by atoms with Gasteiger partial charge in [0.15, 0.2) is 11.5 Å². The van der Waals surface area contributed by atoms with E-state index < -0.39 is 46.3 Å². The lowest BCUT2D eigenvalue weighted by Gasteiger charge is -2.22. The summed E-state index contributed by atoms with van der Waals surface area (Å²) in [6.45, 7) is -0.301. The van der Waals surface area contributed by atoms with E-state index in [4.69, 9.17) is 23.2 Å². The summed E-state index contributed by atoms with van der Waals surface area (Å²) in [5.41, 5.74) is 4.59. The summed E-state index contributed by atoms with van der Waals surface area (Å²) >= 11 is 6.18. The number of phenols is 1. The van der Waals surface area contributed by atoms with Crippen LogP contribution >= 0.6 is 24.0 Å². The molecule has 1 aromatic carbocycles. The van der Waals surface area contributed by atoms with E-state index >= 15 is 0 Å². The van der Waals surface area contributed by atoms with Crippen LogP contribution in [0.5, 0.6) is 11.5 Å². The average molecular weight is 436 g/mol. The third-order valence-electron chi connectivity index (χ3n) is 3.23. The van der Waals surface area contributed by atoms with Crippen molar-refractivity contribution in [3.8, 4) is 17.6 Å². The van der Waals surface area contributed by atoms with E-state index in [1.807, 2.05) is 5.32 Å². The minimum atomic E-state index is -5.10. The molecule has 0 aliphatic rings. The van der Waals surface area contributed by atoms with Crippen molar-refractivity contribution in [2.24, 2.45) is 5.73 Å². The summed E-state index contributed by atoms with van der Waals surface area (Å²) in [5, 5.41) is 23.2. The maximum Gasteiger partial charge on any atom is 0.573 e. The van der Waals surface area contributed by atoms with E-state index in [1.54, 1.807) is 12.3 Å². The first-order valence-electron chi connectivity index (χ1n) is 7.37. The number of aromatic hydroxyl groups is 1. The van der Waals surface area contributed by atoms with Crippen LogP contribution in [-0.4, -0.2) is 46.9 Å². The van der Waals surface area contributed by atoms with Crippen molar-refractivity contribution in [2.75, 3.05) is 18.6 Å². The van der Waals surface area contributed by atoms with Gasteiger partial charge in [0, 0.05) is 5.75 Å². The number of nitrogens with zero attached hydrogens (tertiary/aromatic N) is 1. The zero-order chi connectivity index (χ0) is 21.5. The van der Waals surface area contributed by atoms with E-state index in [2.05, 4.69) is 10.1 Å². The molecule has 0 bridgehead atoms. The molecule has 1 atom stereocenters. The van der Waals surface area contributed by atoms with Gasteiger partial charge >= 0.3 is 12.4 Å². The number of ether oxygens (including phenoxy) is 1. The lowest BCUT2D eigenvalue weighted by molar-refractivity contribution is -0.275. The highest BCUT2D eigenvalue weighted by atomic mass is 32.2. The molecule has 8 nitrogen and oxygen atoms in total. The molecule has 1 aromatic rings. The van der Waals surface area contributed by atoms with Crippen molar-refractivity contribution in [3.05, 3.63) is 23.3 Å². The summed E-state index contributed by atoms with van der Waals surface area (Å²) in [5.74, 6) is -3.48. The number of primary amides is 1. The number of alkyl halides is 3. The monoisotopic (exact) mass is 436 g/mol. The van der Waals surface area contributed by atoms with Crippen LogP contribution in [0.1, 0.15) is 17.0 Å². The Hall–Kier alpha value is -2.72. The van der Waals surface area contributed by atoms with Crippen LogP contribution in [0.25, 0.3) is 0 Å². The molecule has 0 aromatic heterocycles. The molecule has 13 heteroatoms. The lowest BCUT2D eigenvalue weighted by atomic mass is 9.93. The molecule has 0 saturated heterocycles. The van der Waals surface area contributed by atoms with Crippen LogP contribution in [0.15, 0.2) is 12.1 Å². The Kier molecular flexibility index (Phi) is 8.33. The number of hydrogen-bond acceptors (Lipinski definition) is 7. The van der Waals surface area contributed by atoms with Crippen molar-refractivity contribution < 1.29 is 32.6 Å². The molecule has 0 aliphatic heterocycles. The van der Waals surface area contributed by atoms with Crippen LogP contribution in [0.3, 0.4) is 0 Å². The fourth-order valence-corrected chi connectivity index (χ4v) is 3.20. The maximum absolute atomic E-state index is 12.6. The quantitative estimate of drug-likeness (QED) is 0.377. The van der Waals surface area contributed by atoms with Crippen LogP contribution < -0.4 is 21.1 Å². The topological polar surface area (TPSA) is 137 Å². The van der Waals surface area contributed by atoms with Gasteiger partial charge in [-0.1, -0.05) is 18.3 Å². The standard InChI is InChI=1S/C15H15F3N4O4S2/c1-28-6-8(12(24)21-5-4-19)7-2-3-9(26-15(16,17)18)11(23)10(7)13(27)22-14(20)25/h2-3,8,23H,5-6H2,1H3,(H,21,24)(H3,20,22,25,27). The molecule has 1 unspecified atom stereocenters. The maximum atomic E-state index is 12.6. The number of phenolic OH excluding ortho intramolecular Hbond substituents is 1. The number of carbonyl (C=O) groups excluding carboxylic acids is 2. The van der Waals surface area contributed by atoms with Crippen LogP contribution in [-0.2, 0) is 4.79 Å². The van der Waals surface area contributed by atoms with E-state index in [-0.39, 0.29) is 17.9 Å². The number of urea groups is 1. The second-order valence-corrected chi connectivity index (χ2v) is 6.45. The smallest absolute Gasteiger partial charge is 0.504 e. The summed E-state index contributed by atoms with van der Waals surface area (Å²) in [6.07, 6.45) is -3.43. The number of carbonyl (C=O) groups is 2. The Morgan fingerprint density at radius 2 is 2.11 bits per heavy atom. The molecule has 0 saturated carbocycles. The Bertz CT molecular complexity index is 812. The molecule has 0 fully saturated rings. The third kappa shape index (κ3) is 6.46. The van der Waals surface area contributed by atoms with Crippen molar-refractivity contribution in [1.82, 2.24) is 10.6 Å². The fraction of sp³-hybridized carbons (Fsp3) is 0.333. The minimum absolute atomic E-state index is 0.0237.